The van der Waals surface area contributed by atoms with Crippen LogP contribution >= 0.6 is 23.5 Å². The Morgan fingerprint density at radius 2 is 1.05 bits per heavy atom. The molecule has 16 atom stereocenters. The summed E-state index contributed by atoms with van der Waals surface area (Å²) < 4.78 is 0. The number of hydrogen-bond acceptors (Lipinski definition) is 21. The molecule has 4 bridgehead atoms. The Balaban J connectivity index is 1.18. The number of carbonyl (C=O) groups excluding carboxylic acids is 13. The zero-order valence-electron chi connectivity index (χ0n) is 65.8. The number of aliphatic hydroxyl groups is 4. The van der Waals surface area contributed by atoms with E-state index in [0.717, 1.165) is 36.9 Å². The van der Waals surface area contributed by atoms with Gasteiger partial charge in [0.25, 0.3) is 0 Å². The minimum absolute atomic E-state index is 0.000726. The second-order valence-corrected chi connectivity index (χ2v) is 35.3. The second-order valence-electron chi connectivity index (χ2n) is 33.1. The van der Waals surface area contributed by atoms with Gasteiger partial charge in [-0.3, -0.25) is 62.3 Å². The van der Waals surface area contributed by atoms with Crippen LogP contribution in [0.3, 0.4) is 0 Å². The SMILES string of the molecule is CCC[C@@H]1NC(=O)[C@H](CC2CNC3NCCCC23)NC(=O)[C@H]([C@@H](C)O)NC(=O)[C@@H]2CCCNC(=O)C[C@@H](NC1=O)C(=O)N[C@@H](CC1CCC(O)CC1)C(=O)N[C@@H](C1CCCCC1)C(=O)N[C@@H]([C@@H](C)O)C(=O)N[C@H](C(N)=O)CSCc1cccc(c1)CSCCC(=O)N[C@@H](C(C)(C)C)C(=O)N[C@@H](CC1CCC(O)CC1)C(=O)N2. The highest BCUT2D eigenvalue weighted by atomic mass is 32.2. The van der Waals surface area contributed by atoms with Crippen LogP contribution in [0.15, 0.2) is 24.3 Å². The molecule has 1 aromatic carbocycles. The van der Waals surface area contributed by atoms with Gasteiger partial charge >= 0.3 is 0 Å². The Morgan fingerprint density at radius 1 is 0.527 bits per heavy atom. The molecule has 3 saturated carbocycles. The molecule has 4 heterocycles. The van der Waals surface area contributed by atoms with Crippen LogP contribution in [0.5, 0.6) is 0 Å². The van der Waals surface area contributed by atoms with E-state index in [1.807, 2.05) is 24.3 Å². The van der Waals surface area contributed by atoms with Crippen molar-refractivity contribution < 1.29 is 82.8 Å². The normalized spacial score (nSPS) is 33.1. The van der Waals surface area contributed by atoms with Gasteiger partial charge in [-0.25, -0.2) is 0 Å². The number of primary amides is 1. The fourth-order valence-corrected chi connectivity index (χ4v) is 18.3. The van der Waals surface area contributed by atoms with Gasteiger partial charge in [-0.15, -0.1) is 0 Å². The lowest BCUT2D eigenvalue weighted by molar-refractivity contribution is -0.138. The van der Waals surface area contributed by atoms with Crippen LogP contribution in [-0.4, -0.2) is 225 Å². The first-order chi connectivity index (χ1) is 53.3. The predicted octanol–water partition coefficient (Wildman–Crippen LogP) is -0.319. The zero-order chi connectivity index (χ0) is 81.3. The average molecular weight is 1610 g/mol. The van der Waals surface area contributed by atoms with Crippen molar-refractivity contribution in [3.05, 3.63) is 35.4 Å². The Bertz CT molecular complexity index is 3380. The first-order valence-corrected chi connectivity index (χ1v) is 43.0. The number of nitrogens with two attached hydrogens (primary N) is 1. The van der Waals surface area contributed by atoms with Crippen LogP contribution in [0.2, 0.25) is 0 Å². The standard InChI is InChI=1S/C78H125N15O17S2/c1-7-14-53-68(101)86-58-37-61(99)80-30-13-20-54(69(102)91-62(42(2)94)74(107)87-57(71(104)83-53)36-49-38-82-67-52(49)19-12-31-81-67)84-70(103)55(34-44-21-25-50(96)26-22-44)88-77(110)65(78(4,5)6)90-60(98)29-32-111-39-46-15-11-16-47(33-46)40-112-41-59(66(79)100)89-75(108)63(43(3)95)92-76(109)64(48-17-9-8-10-18-48)93-73(106)56(85-72(58)105)35-45-23-27-51(97)28-24-45/h11,15-16,33,42-45,48-59,62-65,67,81-82,94-97H,7-10,12-14,17-32,34-41H2,1-6H3,(H2,79,100)(H,80,99)(H,83,104)(H,84,103)(H,85,105)(H,86,101)(H,87,107)(H,88,110)(H,89,108)(H,90,98)(H,91,102)(H,92,109)(H,93,106)/t42-,43-,44?,45?,49?,50?,51?,52?,53+,54+,55+,56+,57+,58-,59+,62+,63+,64+,65-,67?/m1/s1. The summed E-state index contributed by atoms with van der Waals surface area (Å²) in [5.41, 5.74) is 6.73. The van der Waals surface area contributed by atoms with E-state index in [1.165, 1.54) is 37.4 Å². The molecule has 0 radical (unpaired) electrons. The first-order valence-electron chi connectivity index (χ1n) is 40.7. The molecule has 3 aliphatic carbocycles. The monoisotopic (exact) mass is 1610 g/mol. The van der Waals surface area contributed by atoms with Crippen LogP contribution in [0, 0.1) is 35.0 Å². The molecule has 8 rings (SSSR count). The van der Waals surface area contributed by atoms with Crippen molar-refractivity contribution in [1.29, 1.82) is 0 Å². The van der Waals surface area contributed by atoms with Gasteiger partial charge in [0.2, 0.25) is 76.8 Å². The molecule has 626 valence electrons. The van der Waals surface area contributed by atoms with Crippen LogP contribution in [0.25, 0.3) is 0 Å². The van der Waals surface area contributed by atoms with E-state index in [1.54, 1.807) is 27.7 Å². The van der Waals surface area contributed by atoms with Crippen molar-refractivity contribution in [2.45, 2.75) is 304 Å². The number of fused-ring (bicyclic) bond motifs is 10. The van der Waals surface area contributed by atoms with Crippen molar-refractivity contribution in [2.24, 2.45) is 40.7 Å². The summed E-state index contributed by atoms with van der Waals surface area (Å²) in [4.78, 5) is 191. The van der Waals surface area contributed by atoms with Crippen LogP contribution in [-0.2, 0) is 73.8 Å². The first kappa shape index (κ1) is 90.3. The van der Waals surface area contributed by atoms with Gasteiger partial charge in [0, 0.05) is 36.0 Å². The number of carbonyl (C=O) groups is 13. The smallest absolute Gasteiger partial charge is 0.245 e. The molecule has 34 heteroatoms. The fraction of sp³-hybridized carbons (Fsp3) is 0.756. The van der Waals surface area contributed by atoms with Gasteiger partial charge in [0.05, 0.1) is 37.0 Å². The molecule has 4 aliphatic heterocycles. The number of hydrogen-bond donors (Lipinski definition) is 19. The van der Waals surface area contributed by atoms with Gasteiger partial charge in [0.1, 0.15) is 66.5 Å². The lowest BCUT2D eigenvalue weighted by Crippen LogP contribution is -2.63. The third-order valence-electron chi connectivity index (χ3n) is 23.0. The lowest BCUT2D eigenvalue weighted by Gasteiger charge is -2.34. The van der Waals surface area contributed by atoms with Gasteiger partial charge in [-0.2, -0.15) is 23.5 Å². The zero-order valence-corrected chi connectivity index (χ0v) is 67.5. The Labute approximate surface area is 665 Å². The summed E-state index contributed by atoms with van der Waals surface area (Å²) in [5.74, 6) is -11.1. The molecule has 3 unspecified atom stereocenters. The fourth-order valence-electron chi connectivity index (χ4n) is 16.4. The molecule has 0 spiro atoms. The van der Waals surface area contributed by atoms with Crippen molar-refractivity contribution in [1.82, 2.24) is 74.4 Å². The number of piperidine rings is 1. The third-order valence-corrected chi connectivity index (χ3v) is 25.1. The third kappa shape index (κ3) is 27.8. The maximum atomic E-state index is 15.4. The largest absolute Gasteiger partial charge is 0.393 e. The maximum Gasteiger partial charge on any atom is 0.245 e. The summed E-state index contributed by atoms with van der Waals surface area (Å²) >= 11 is 2.76. The van der Waals surface area contributed by atoms with Crippen molar-refractivity contribution in [3.63, 3.8) is 0 Å². The van der Waals surface area contributed by atoms with E-state index in [4.69, 9.17) is 5.73 Å². The van der Waals surface area contributed by atoms with E-state index < -0.39 is 185 Å². The topological polar surface area (TPSA) is 497 Å². The number of aliphatic hydroxyl groups excluding tert-OH is 4. The van der Waals surface area contributed by atoms with Gasteiger partial charge in [0.15, 0.2) is 0 Å². The summed E-state index contributed by atoms with van der Waals surface area (Å²) in [5, 5.41) is 83.9. The molecule has 3 saturated heterocycles. The minimum atomic E-state index is -1.79. The Morgan fingerprint density at radius 3 is 1.66 bits per heavy atom. The summed E-state index contributed by atoms with van der Waals surface area (Å²) in [6.07, 6.45) is 2.81. The molecular weight excluding hydrogens is 1480 g/mol. The van der Waals surface area contributed by atoms with Crippen molar-refractivity contribution in [2.75, 3.05) is 31.1 Å². The Kier molecular flexibility index (Phi) is 35.5. The second kappa shape index (κ2) is 44.0. The van der Waals surface area contributed by atoms with Gasteiger partial charge in [-0.1, -0.05) is 77.6 Å². The van der Waals surface area contributed by atoms with Crippen molar-refractivity contribution in [3.8, 4) is 0 Å². The number of amides is 13. The maximum absolute atomic E-state index is 15.4. The number of nitrogens with one attached hydrogen (secondary N) is 14. The predicted molar refractivity (Wildman–Crippen MR) is 421 cm³/mol. The summed E-state index contributed by atoms with van der Waals surface area (Å²) in [7, 11) is 0. The van der Waals surface area contributed by atoms with E-state index in [2.05, 4.69) is 74.4 Å². The Hall–Kier alpha value is -7.21. The van der Waals surface area contributed by atoms with E-state index in [0.29, 0.717) is 101 Å². The molecule has 20 N–H and O–H groups in total. The molecule has 1 aromatic rings. The number of benzene rings is 1. The van der Waals surface area contributed by atoms with Crippen LogP contribution < -0.4 is 80.2 Å². The summed E-state index contributed by atoms with van der Waals surface area (Å²) in [6, 6.07) is -8.65. The highest BCUT2D eigenvalue weighted by molar-refractivity contribution is 7.98. The van der Waals surface area contributed by atoms with Gasteiger partial charge < -0.3 is 101 Å². The van der Waals surface area contributed by atoms with Crippen molar-refractivity contribution >= 4 is 100 Å². The van der Waals surface area contributed by atoms with Gasteiger partial charge in [-0.05, 0) is 189 Å². The molecule has 32 nitrogen and oxygen atoms in total. The van der Waals surface area contributed by atoms with Crippen LogP contribution in [0.4, 0.5) is 0 Å². The molecule has 7 aliphatic rings. The average Bonchev–Trinajstić information content (AvgIpc) is 1.41. The quantitative estimate of drug-likeness (QED) is 0.127. The summed E-state index contributed by atoms with van der Waals surface area (Å²) in [6.45, 7) is 10.5. The molecule has 13 amide bonds. The molecule has 6 fully saturated rings. The van der Waals surface area contributed by atoms with Crippen LogP contribution in [0.1, 0.15) is 207 Å². The number of thioether (sulfide) groups is 2. The highest BCUT2D eigenvalue weighted by Gasteiger charge is 2.45. The molecule has 0 aromatic heterocycles. The van der Waals surface area contributed by atoms with E-state index in [-0.39, 0.29) is 93.5 Å². The van der Waals surface area contributed by atoms with E-state index in [9.17, 15) is 54.0 Å². The number of rotatable bonds is 12. The van der Waals surface area contributed by atoms with E-state index >= 15 is 28.8 Å². The molecular formula is C78H125N15O17S2. The lowest BCUT2D eigenvalue weighted by atomic mass is 9.82. The minimum Gasteiger partial charge on any atom is -0.393 e. The highest BCUT2D eigenvalue weighted by Crippen LogP contribution is 2.34. The molecule has 112 heavy (non-hydrogen) atoms.